The Labute approximate surface area is 175 Å². The van der Waals surface area contributed by atoms with Crippen LogP contribution in [0.15, 0.2) is 65.6 Å². The van der Waals surface area contributed by atoms with E-state index in [4.69, 9.17) is 9.47 Å². The first-order valence-corrected chi connectivity index (χ1v) is 9.12. The fraction of sp³-hybridized carbons (Fsp3) is 0.182. The van der Waals surface area contributed by atoms with E-state index >= 15 is 0 Å². The monoisotopic (exact) mass is 432 g/mol. The number of rotatable bonds is 6. The van der Waals surface area contributed by atoms with Crippen molar-refractivity contribution in [3.63, 3.8) is 0 Å². The molecular weight excluding hydrogens is 413 g/mol. The zero-order valence-corrected chi connectivity index (χ0v) is 16.7. The van der Waals surface area contributed by atoms with E-state index in [0.717, 1.165) is 12.1 Å². The summed E-state index contributed by atoms with van der Waals surface area (Å²) >= 11 is 0. The van der Waals surface area contributed by atoms with Crippen molar-refractivity contribution in [2.45, 2.75) is 12.7 Å². The van der Waals surface area contributed by atoms with Gasteiger partial charge in [-0.2, -0.15) is 13.2 Å². The first-order chi connectivity index (χ1) is 14.7. The molecule has 0 saturated carbocycles. The lowest BCUT2D eigenvalue weighted by Gasteiger charge is -2.13. The lowest BCUT2D eigenvalue weighted by Crippen LogP contribution is -2.29. The van der Waals surface area contributed by atoms with E-state index in [1.165, 1.54) is 49.2 Å². The van der Waals surface area contributed by atoms with E-state index in [9.17, 15) is 22.8 Å². The number of pyridine rings is 1. The highest BCUT2D eigenvalue weighted by atomic mass is 19.4. The molecule has 3 rings (SSSR count). The van der Waals surface area contributed by atoms with Crippen molar-refractivity contribution in [2.75, 3.05) is 19.5 Å². The number of methoxy groups -OCH3 is 2. The molecule has 1 N–H and O–H groups in total. The third-order valence-corrected chi connectivity index (χ3v) is 4.55. The molecule has 1 heterocycles. The molecule has 0 atom stereocenters. The Morgan fingerprint density at radius 1 is 1.03 bits per heavy atom. The van der Waals surface area contributed by atoms with Gasteiger partial charge in [0, 0.05) is 12.3 Å². The summed E-state index contributed by atoms with van der Waals surface area (Å²) in [7, 11) is 2.92. The van der Waals surface area contributed by atoms with Crippen LogP contribution in [0.5, 0.6) is 11.5 Å². The second-order valence-corrected chi connectivity index (χ2v) is 6.57. The summed E-state index contributed by atoms with van der Waals surface area (Å²) in [6.45, 7) is 0.0145. The quantitative estimate of drug-likeness (QED) is 0.634. The molecule has 31 heavy (non-hydrogen) atoms. The summed E-state index contributed by atoms with van der Waals surface area (Å²) in [5, 5.41) is 2.63. The number of carbonyl (C=O) groups excluding carboxylic acids is 1. The molecule has 0 aliphatic carbocycles. The molecule has 0 aliphatic heterocycles. The number of hydrogen-bond acceptors (Lipinski definition) is 4. The van der Waals surface area contributed by atoms with E-state index in [2.05, 4.69) is 5.32 Å². The molecule has 0 saturated heterocycles. The maximum absolute atomic E-state index is 12.8. The van der Waals surface area contributed by atoms with Gasteiger partial charge in [-0.05, 0) is 42.0 Å². The van der Waals surface area contributed by atoms with Gasteiger partial charge in [0.25, 0.3) is 11.5 Å². The van der Waals surface area contributed by atoms with E-state index < -0.39 is 23.2 Å². The van der Waals surface area contributed by atoms with Crippen LogP contribution in [0, 0.1) is 0 Å². The number of aromatic nitrogens is 1. The van der Waals surface area contributed by atoms with Crippen LogP contribution in [0.1, 0.15) is 21.5 Å². The van der Waals surface area contributed by atoms with Crippen molar-refractivity contribution >= 4 is 11.6 Å². The smallest absolute Gasteiger partial charge is 0.416 e. The zero-order chi connectivity index (χ0) is 22.6. The fourth-order valence-corrected chi connectivity index (χ4v) is 2.93. The van der Waals surface area contributed by atoms with Crippen LogP contribution in [0.25, 0.3) is 0 Å². The minimum absolute atomic E-state index is 0.0145. The molecule has 162 valence electrons. The molecule has 0 radical (unpaired) electrons. The minimum atomic E-state index is -4.44. The summed E-state index contributed by atoms with van der Waals surface area (Å²) < 4.78 is 49.8. The Kier molecular flexibility index (Phi) is 6.33. The first kappa shape index (κ1) is 21.9. The predicted molar refractivity (Wildman–Crippen MR) is 109 cm³/mol. The summed E-state index contributed by atoms with van der Waals surface area (Å²) in [5.41, 5.74) is -0.670. The third-order valence-electron chi connectivity index (χ3n) is 4.55. The van der Waals surface area contributed by atoms with Gasteiger partial charge >= 0.3 is 6.18 Å². The average molecular weight is 432 g/mol. The topological polar surface area (TPSA) is 69.6 Å². The van der Waals surface area contributed by atoms with Crippen LogP contribution in [-0.4, -0.2) is 24.7 Å². The molecule has 9 heteroatoms. The largest absolute Gasteiger partial charge is 0.497 e. The van der Waals surface area contributed by atoms with Gasteiger partial charge in [0.1, 0.15) is 17.1 Å². The molecule has 1 aromatic heterocycles. The number of nitrogens with one attached hydrogen (secondary N) is 1. The molecule has 0 aliphatic rings. The maximum atomic E-state index is 12.8. The van der Waals surface area contributed by atoms with E-state index in [1.54, 1.807) is 18.2 Å². The van der Waals surface area contributed by atoms with Gasteiger partial charge < -0.3 is 19.4 Å². The van der Waals surface area contributed by atoms with Gasteiger partial charge in [0.05, 0.1) is 32.0 Å². The van der Waals surface area contributed by atoms with Crippen LogP contribution in [0.3, 0.4) is 0 Å². The predicted octanol–water partition coefficient (Wildman–Crippen LogP) is 4.18. The number of alkyl halides is 3. The summed E-state index contributed by atoms with van der Waals surface area (Å²) in [5.74, 6) is 0.220. The van der Waals surface area contributed by atoms with Crippen molar-refractivity contribution in [3.8, 4) is 11.5 Å². The van der Waals surface area contributed by atoms with Gasteiger partial charge in [0.15, 0.2) is 0 Å². The molecular formula is C22H19F3N2O4. The molecule has 6 nitrogen and oxygen atoms in total. The Morgan fingerprint density at radius 2 is 1.74 bits per heavy atom. The zero-order valence-electron chi connectivity index (χ0n) is 16.7. The highest BCUT2D eigenvalue weighted by Crippen LogP contribution is 2.30. The van der Waals surface area contributed by atoms with Gasteiger partial charge in [-0.1, -0.05) is 12.1 Å². The van der Waals surface area contributed by atoms with E-state index in [1.807, 2.05) is 0 Å². The summed E-state index contributed by atoms with van der Waals surface area (Å²) in [4.78, 5) is 25.5. The summed E-state index contributed by atoms with van der Waals surface area (Å²) in [6, 6.07) is 12.2. The van der Waals surface area contributed by atoms with Crippen molar-refractivity contribution in [1.29, 1.82) is 0 Å². The van der Waals surface area contributed by atoms with Crippen molar-refractivity contribution in [2.24, 2.45) is 0 Å². The highest BCUT2D eigenvalue weighted by Gasteiger charge is 2.29. The van der Waals surface area contributed by atoms with Crippen molar-refractivity contribution < 1.29 is 27.4 Å². The van der Waals surface area contributed by atoms with Crippen LogP contribution in [-0.2, 0) is 12.7 Å². The summed E-state index contributed by atoms with van der Waals surface area (Å²) in [6.07, 6.45) is -2.97. The van der Waals surface area contributed by atoms with Gasteiger partial charge in [-0.25, -0.2) is 0 Å². The Balaban J connectivity index is 1.84. The number of halogens is 3. The number of amides is 1. The first-order valence-electron chi connectivity index (χ1n) is 9.12. The lowest BCUT2D eigenvalue weighted by atomic mass is 10.1. The number of anilines is 1. The number of nitrogens with zero attached hydrogens (tertiary/aromatic N) is 1. The number of benzene rings is 2. The van der Waals surface area contributed by atoms with Crippen LogP contribution in [0.2, 0.25) is 0 Å². The molecule has 1 amide bonds. The molecule has 0 unspecified atom stereocenters. The molecule has 3 aromatic rings. The second kappa shape index (κ2) is 8.95. The molecule has 0 fully saturated rings. The van der Waals surface area contributed by atoms with E-state index in [0.29, 0.717) is 22.7 Å². The Bertz CT molecular complexity index is 1140. The SMILES string of the molecule is COc1ccc(OC)c(NC(=O)c2cccn(Cc3ccc(C(F)(F)F)cc3)c2=O)c1. The third kappa shape index (κ3) is 5.06. The maximum Gasteiger partial charge on any atom is 0.416 e. The molecule has 2 aromatic carbocycles. The van der Waals surface area contributed by atoms with Gasteiger partial charge in [0.2, 0.25) is 0 Å². The lowest BCUT2D eigenvalue weighted by molar-refractivity contribution is -0.137. The van der Waals surface area contributed by atoms with Crippen molar-refractivity contribution in [1.82, 2.24) is 4.57 Å². The Hall–Kier alpha value is -3.75. The van der Waals surface area contributed by atoms with Crippen LogP contribution < -0.4 is 20.3 Å². The van der Waals surface area contributed by atoms with Crippen molar-refractivity contribution in [3.05, 3.63) is 87.8 Å². The highest BCUT2D eigenvalue weighted by molar-refractivity contribution is 6.04. The van der Waals surface area contributed by atoms with Gasteiger partial charge in [-0.3, -0.25) is 9.59 Å². The van der Waals surface area contributed by atoms with Crippen LogP contribution in [0.4, 0.5) is 18.9 Å². The minimum Gasteiger partial charge on any atom is -0.497 e. The standard InChI is InChI=1S/C22H19F3N2O4/c1-30-16-9-10-19(31-2)18(12-16)26-20(28)17-4-3-11-27(21(17)29)13-14-5-7-15(8-6-14)22(23,24)25/h3-12H,13H2,1-2H3,(H,26,28). The number of ether oxygens (including phenoxy) is 2. The fourth-order valence-electron chi connectivity index (χ4n) is 2.93. The molecule has 0 bridgehead atoms. The van der Waals surface area contributed by atoms with Crippen LogP contribution >= 0.6 is 0 Å². The molecule has 0 spiro atoms. The second-order valence-electron chi connectivity index (χ2n) is 6.57. The Morgan fingerprint density at radius 3 is 2.35 bits per heavy atom. The average Bonchev–Trinajstić information content (AvgIpc) is 2.74. The van der Waals surface area contributed by atoms with E-state index in [-0.39, 0.29) is 12.1 Å². The number of carbonyl (C=O) groups is 1. The normalized spacial score (nSPS) is 11.1. The van der Waals surface area contributed by atoms with Gasteiger partial charge in [-0.15, -0.1) is 0 Å². The number of hydrogen-bond donors (Lipinski definition) is 1.